The zero-order chi connectivity index (χ0) is 10.7. The number of rotatable bonds is 3. The molecular formula is C12H10ClFS. The quantitative estimate of drug-likeness (QED) is 0.698. The molecule has 1 aromatic heterocycles. The molecule has 1 unspecified atom stereocenters. The van der Waals surface area contributed by atoms with Gasteiger partial charge in [-0.15, -0.1) is 11.6 Å². The van der Waals surface area contributed by atoms with E-state index >= 15 is 0 Å². The van der Waals surface area contributed by atoms with Crippen LogP contribution in [0.25, 0.3) is 0 Å². The molecule has 2 aromatic rings. The van der Waals surface area contributed by atoms with Crippen LogP contribution in [0.3, 0.4) is 0 Å². The summed E-state index contributed by atoms with van der Waals surface area (Å²) in [6, 6.07) is 8.50. The standard InChI is InChI=1S/C12H10ClFS/c13-12(6-9-4-5-15-8-9)10-2-1-3-11(14)7-10/h1-5,7-8,12H,6H2. The van der Waals surface area contributed by atoms with Crippen molar-refractivity contribution in [3.8, 4) is 0 Å². The third-order valence-electron chi connectivity index (χ3n) is 2.21. The highest BCUT2D eigenvalue weighted by Gasteiger charge is 2.09. The van der Waals surface area contributed by atoms with E-state index in [2.05, 4.69) is 5.38 Å². The Morgan fingerprint density at radius 1 is 1.33 bits per heavy atom. The summed E-state index contributed by atoms with van der Waals surface area (Å²) in [6.07, 6.45) is 0.745. The second-order valence-electron chi connectivity index (χ2n) is 3.36. The lowest BCUT2D eigenvalue weighted by Gasteiger charge is -2.08. The largest absolute Gasteiger partial charge is 0.207 e. The second kappa shape index (κ2) is 4.77. The van der Waals surface area contributed by atoms with E-state index in [0.717, 1.165) is 12.0 Å². The number of alkyl halides is 1. The van der Waals surface area contributed by atoms with Crippen LogP contribution in [0.5, 0.6) is 0 Å². The molecule has 1 aromatic carbocycles. The first-order chi connectivity index (χ1) is 7.25. The summed E-state index contributed by atoms with van der Waals surface area (Å²) in [5, 5.41) is 3.93. The van der Waals surface area contributed by atoms with Crippen molar-refractivity contribution in [3.63, 3.8) is 0 Å². The predicted molar refractivity (Wildman–Crippen MR) is 63.0 cm³/mol. The third kappa shape index (κ3) is 2.80. The van der Waals surface area contributed by atoms with Gasteiger partial charge in [0, 0.05) is 0 Å². The molecule has 0 aliphatic rings. The Morgan fingerprint density at radius 2 is 2.20 bits per heavy atom. The molecule has 0 radical (unpaired) electrons. The fourth-order valence-electron chi connectivity index (χ4n) is 1.44. The van der Waals surface area contributed by atoms with Crippen molar-refractivity contribution in [3.05, 3.63) is 58.0 Å². The van der Waals surface area contributed by atoms with Gasteiger partial charge in [0.2, 0.25) is 0 Å². The molecule has 0 aliphatic carbocycles. The lowest BCUT2D eigenvalue weighted by molar-refractivity contribution is 0.624. The average molecular weight is 241 g/mol. The van der Waals surface area contributed by atoms with Crippen molar-refractivity contribution in [2.75, 3.05) is 0 Å². The monoisotopic (exact) mass is 240 g/mol. The SMILES string of the molecule is Fc1cccc(C(Cl)Cc2ccsc2)c1. The van der Waals surface area contributed by atoms with Gasteiger partial charge >= 0.3 is 0 Å². The molecule has 78 valence electrons. The Bertz CT molecular complexity index is 425. The predicted octanol–water partition coefficient (Wildman–Crippen LogP) is 4.41. The number of halogens is 2. The first kappa shape index (κ1) is 10.7. The molecule has 15 heavy (non-hydrogen) atoms. The van der Waals surface area contributed by atoms with E-state index in [1.165, 1.54) is 17.7 Å². The van der Waals surface area contributed by atoms with Crippen molar-refractivity contribution in [2.24, 2.45) is 0 Å². The highest BCUT2D eigenvalue weighted by molar-refractivity contribution is 7.07. The maximum Gasteiger partial charge on any atom is 0.123 e. The fraction of sp³-hybridized carbons (Fsp3) is 0.167. The van der Waals surface area contributed by atoms with Gasteiger partial charge in [-0.2, -0.15) is 11.3 Å². The zero-order valence-corrected chi connectivity index (χ0v) is 9.56. The summed E-state index contributed by atoms with van der Waals surface area (Å²) in [6.45, 7) is 0. The van der Waals surface area contributed by atoms with Crippen LogP contribution in [0.4, 0.5) is 4.39 Å². The van der Waals surface area contributed by atoms with Gasteiger partial charge in [-0.3, -0.25) is 0 Å². The van der Waals surface area contributed by atoms with E-state index in [1.54, 1.807) is 17.4 Å². The van der Waals surface area contributed by atoms with Gasteiger partial charge < -0.3 is 0 Å². The van der Waals surface area contributed by atoms with Crippen LogP contribution >= 0.6 is 22.9 Å². The lowest BCUT2D eigenvalue weighted by atomic mass is 10.1. The Hall–Kier alpha value is -0.860. The molecule has 1 atom stereocenters. The van der Waals surface area contributed by atoms with Crippen molar-refractivity contribution in [1.29, 1.82) is 0 Å². The summed E-state index contributed by atoms with van der Waals surface area (Å²) in [4.78, 5) is 0. The topological polar surface area (TPSA) is 0 Å². The fourth-order valence-corrected chi connectivity index (χ4v) is 2.43. The van der Waals surface area contributed by atoms with Gasteiger partial charge in [0.15, 0.2) is 0 Å². The van der Waals surface area contributed by atoms with E-state index in [1.807, 2.05) is 17.5 Å². The molecule has 1 heterocycles. The second-order valence-corrected chi connectivity index (χ2v) is 4.67. The molecule has 0 saturated carbocycles. The molecule has 0 amide bonds. The van der Waals surface area contributed by atoms with E-state index in [-0.39, 0.29) is 11.2 Å². The molecule has 0 spiro atoms. The first-order valence-electron chi connectivity index (χ1n) is 4.66. The van der Waals surface area contributed by atoms with Crippen LogP contribution in [-0.4, -0.2) is 0 Å². The molecule has 2 rings (SSSR count). The van der Waals surface area contributed by atoms with Crippen molar-refractivity contribution in [2.45, 2.75) is 11.8 Å². The summed E-state index contributed by atoms with van der Waals surface area (Å²) in [7, 11) is 0. The highest BCUT2D eigenvalue weighted by atomic mass is 35.5. The smallest absolute Gasteiger partial charge is 0.123 e. The Balaban J connectivity index is 2.11. The van der Waals surface area contributed by atoms with E-state index < -0.39 is 0 Å². The van der Waals surface area contributed by atoms with Crippen LogP contribution in [0.2, 0.25) is 0 Å². The van der Waals surface area contributed by atoms with Gasteiger partial charge in [0.1, 0.15) is 5.82 Å². The molecule has 0 fully saturated rings. The lowest BCUT2D eigenvalue weighted by Crippen LogP contribution is -1.95. The van der Waals surface area contributed by atoms with Crippen LogP contribution < -0.4 is 0 Å². The third-order valence-corrected chi connectivity index (χ3v) is 3.34. The Labute approximate surface area is 97.3 Å². The van der Waals surface area contributed by atoms with Crippen molar-refractivity contribution >= 4 is 22.9 Å². The summed E-state index contributed by atoms with van der Waals surface area (Å²) >= 11 is 7.85. The minimum atomic E-state index is -0.233. The Morgan fingerprint density at radius 3 is 2.87 bits per heavy atom. The first-order valence-corrected chi connectivity index (χ1v) is 6.04. The van der Waals surface area contributed by atoms with Crippen molar-refractivity contribution in [1.82, 2.24) is 0 Å². The molecule has 3 heteroatoms. The average Bonchev–Trinajstić information content (AvgIpc) is 2.70. The maximum atomic E-state index is 12.9. The number of benzene rings is 1. The van der Waals surface area contributed by atoms with Gasteiger partial charge in [0.25, 0.3) is 0 Å². The van der Waals surface area contributed by atoms with E-state index in [9.17, 15) is 4.39 Å². The molecule has 0 N–H and O–H groups in total. The number of hydrogen-bond acceptors (Lipinski definition) is 1. The van der Waals surface area contributed by atoms with Gasteiger partial charge in [-0.25, -0.2) is 4.39 Å². The van der Waals surface area contributed by atoms with Gasteiger partial charge in [-0.05, 0) is 46.5 Å². The molecular weight excluding hydrogens is 231 g/mol. The molecule has 0 saturated heterocycles. The zero-order valence-electron chi connectivity index (χ0n) is 7.99. The van der Waals surface area contributed by atoms with Crippen LogP contribution in [0, 0.1) is 5.82 Å². The van der Waals surface area contributed by atoms with Gasteiger partial charge in [-0.1, -0.05) is 12.1 Å². The number of thiophene rings is 1. The Kier molecular flexibility index (Phi) is 3.39. The summed E-state index contributed by atoms with van der Waals surface area (Å²) in [5.74, 6) is -0.233. The van der Waals surface area contributed by atoms with Crippen LogP contribution in [0.15, 0.2) is 41.1 Å². The summed E-state index contributed by atoms with van der Waals surface area (Å²) < 4.78 is 12.9. The van der Waals surface area contributed by atoms with E-state index in [0.29, 0.717) is 0 Å². The van der Waals surface area contributed by atoms with Crippen molar-refractivity contribution < 1.29 is 4.39 Å². The van der Waals surface area contributed by atoms with E-state index in [4.69, 9.17) is 11.6 Å². The van der Waals surface area contributed by atoms with Crippen LogP contribution in [0.1, 0.15) is 16.5 Å². The number of hydrogen-bond donors (Lipinski definition) is 0. The minimum absolute atomic E-state index is 0.157. The molecule has 0 bridgehead atoms. The molecule has 0 aliphatic heterocycles. The molecule has 0 nitrogen and oxygen atoms in total. The van der Waals surface area contributed by atoms with Gasteiger partial charge in [0.05, 0.1) is 5.38 Å². The minimum Gasteiger partial charge on any atom is -0.207 e. The normalized spacial score (nSPS) is 12.7. The highest BCUT2D eigenvalue weighted by Crippen LogP contribution is 2.26. The van der Waals surface area contributed by atoms with Crippen LogP contribution in [-0.2, 0) is 6.42 Å². The summed E-state index contributed by atoms with van der Waals surface area (Å²) in [5.41, 5.74) is 2.03. The maximum absolute atomic E-state index is 12.9.